The first-order chi connectivity index (χ1) is 18.6. The first kappa shape index (κ1) is 35.0. The molecule has 1 heterocycles. The number of allylic oxidation sites excluding steroid dienone is 1. The maximum Gasteiger partial charge on any atom is 0.245 e. The van der Waals surface area contributed by atoms with Gasteiger partial charge in [0.15, 0.2) is 0 Å². The summed E-state index contributed by atoms with van der Waals surface area (Å²) in [6, 6.07) is 20.1. The molecule has 2 aromatic rings. The quantitative estimate of drug-likeness (QED) is 0.170. The van der Waals surface area contributed by atoms with Crippen LogP contribution in [0.15, 0.2) is 66.7 Å². The largest absolute Gasteiger partial charge is 0.303 e. The normalized spacial score (nSPS) is 14.1. The third-order valence-electron chi connectivity index (χ3n) is 6.89. The van der Waals surface area contributed by atoms with Crippen molar-refractivity contribution in [2.75, 3.05) is 19.6 Å². The van der Waals surface area contributed by atoms with E-state index in [1.165, 1.54) is 67.6 Å². The Hall–Kier alpha value is -2.00. The summed E-state index contributed by atoms with van der Waals surface area (Å²) in [5.74, 6) is -1.72. The predicted molar refractivity (Wildman–Crippen MR) is 168 cm³/mol. The number of aryl methyl sites for hydroxylation is 2. The number of benzene rings is 2. The molecule has 2 aromatic carbocycles. The van der Waals surface area contributed by atoms with Gasteiger partial charge in [-0.2, -0.15) is 0 Å². The summed E-state index contributed by atoms with van der Waals surface area (Å²) in [6.45, 7) is 17.3. The monoisotopic (exact) mass is 541 g/mol. The molecule has 1 nitrogen and oxygen atoms in total. The molecule has 1 aliphatic rings. The zero-order valence-corrected chi connectivity index (χ0v) is 25.8. The van der Waals surface area contributed by atoms with Crippen molar-refractivity contribution in [3.63, 3.8) is 0 Å². The Morgan fingerprint density at radius 2 is 1.36 bits per heavy atom. The lowest BCUT2D eigenvalue weighted by molar-refractivity contribution is 0.0103. The Labute approximate surface area is 240 Å². The molecular weight excluding hydrogens is 484 g/mol. The van der Waals surface area contributed by atoms with Crippen LogP contribution in [-0.2, 0) is 19.3 Å². The van der Waals surface area contributed by atoms with Crippen LogP contribution >= 0.6 is 0 Å². The number of rotatable bonds is 14. The summed E-state index contributed by atoms with van der Waals surface area (Å²) in [4.78, 5) is 2.62. The van der Waals surface area contributed by atoms with Crippen LogP contribution in [0.1, 0.15) is 109 Å². The molecule has 0 amide bonds. The molecule has 0 aliphatic carbocycles. The highest BCUT2D eigenvalue weighted by Gasteiger charge is 2.19. The SMILES string of the molecule is C=C(C)CCCCCCC(C)(F)F.CCC.C[C@@H](Cc1ccc(CCc2ccccc2)cc1)CN1CCCC1. The first-order valence-electron chi connectivity index (χ1n) is 15.5. The molecule has 0 aromatic heterocycles. The first-order valence-corrected chi connectivity index (χ1v) is 15.5. The molecule has 3 rings (SSSR count). The van der Waals surface area contributed by atoms with Crippen LogP contribution in [0.25, 0.3) is 0 Å². The van der Waals surface area contributed by atoms with Gasteiger partial charge in [-0.1, -0.05) is 100 Å². The minimum absolute atomic E-state index is 0.0278. The molecule has 0 N–H and O–H groups in total. The van der Waals surface area contributed by atoms with Gasteiger partial charge in [-0.05, 0) is 101 Å². The van der Waals surface area contributed by atoms with E-state index in [1.807, 2.05) is 6.92 Å². The van der Waals surface area contributed by atoms with Gasteiger partial charge in [-0.3, -0.25) is 0 Å². The number of hydrogen-bond donors (Lipinski definition) is 0. The van der Waals surface area contributed by atoms with E-state index in [9.17, 15) is 8.78 Å². The molecule has 1 atom stereocenters. The van der Waals surface area contributed by atoms with Gasteiger partial charge in [-0.25, -0.2) is 8.78 Å². The fraction of sp³-hybridized carbons (Fsp3) is 0.611. The second kappa shape index (κ2) is 20.8. The number of likely N-dealkylation sites (tertiary alicyclic amines) is 1. The van der Waals surface area contributed by atoms with Crippen molar-refractivity contribution >= 4 is 0 Å². The molecule has 0 unspecified atom stereocenters. The van der Waals surface area contributed by atoms with E-state index in [0.29, 0.717) is 6.42 Å². The molecule has 1 saturated heterocycles. The van der Waals surface area contributed by atoms with E-state index in [1.54, 1.807) is 0 Å². The Bertz CT molecular complexity index is 848. The highest BCUT2D eigenvalue weighted by atomic mass is 19.3. The Morgan fingerprint density at radius 1 is 0.846 bits per heavy atom. The number of halogens is 2. The summed E-state index contributed by atoms with van der Waals surface area (Å²) in [5.41, 5.74) is 5.54. The van der Waals surface area contributed by atoms with Crippen LogP contribution in [-0.4, -0.2) is 30.5 Å². The topological polar surface area (TPSA) is 3.24 Å². The standard InChI is InChI=1S/C22H29N.C11H20F2.C3H8/c1-19(18-23-15-5-6-16-23)17-22-13-11-21(12-14-22)10-9-20-7-3-2-4-8-20;1-10(2)8-6-4-5-7-9-11(3,12)13;1-3-2/h2-4,7-8,11-14,19H,5-6,9-10,15-18H2,1H3;1,4-9H2,2-3H3;3H2,1-2H3/t19-;;/m0../s1. The summed E-state index contributed by atoms with van der Waals surface area (Å²) >= 11 is 0. The average Bonchev–Trinajstić information content (AvgIpc) is 3.39. The van der Waals surface area contributed by atoms with E-state index in [-0.39, 0.29) is 6.42 Å². The second-order valence-corrected chi connectivity index (χ2v) is 11.8. The number of alkyl halides is 2. The number of nitrogens with zero attached hydrogens (tertiary/aromatic N) is 1. The average molecular weight is 542 g/mol. The highest BCUT2D eigenvalue weighted by molar-refractivity contribution is 5.24. The molecule has 0 saturated carbocycles. The Kier molecular flexibility index (Phi) is 18.7. The van der Waals surface area contributed by atoms with E-state index < -0.39 is 5.92 Å². The maximum atomic E-state index is 12.3. The molecule has 0 spiro atoms. The van der Waals surface area contributed by atoms with Gasteiger partial charge < -0.3 is 4.90 Å². The summed E-state index contributed by atoms with van der Waals surface area (Å²) in [5, 5.41) is 0. The minimum atomic E-state index is -2.48. The van der Waals surface area contributed by atoms with E-state index >= 15 is 0 Å². The van der Waals surface area contributed by atoms with Crippen molar-refractivity contribution < 1.29 is 8.78 Å². The van der Waals surface area contributed by atoms with E-state index in [0.717, 1.165) is 51.4 Å². The van der Waals surface area contributed by atoms with Crippen molar-refractivity contribution in [1.29, 1.82) is 0 Å². The van der Waals surface area contributed by atoms with Crippen molar-refractivity contribution in [1.82, 2.24) is 4.90 Å². The number of hydrogen-bond acceptors (Lipinski definition) is 1. The molecule has 39 heavy (non-hydrogen) atoms. The van der Waals surface area contributed by atoms with Gasteiger partial charge in [0.2, 0.25) is 5.92 Å². The van der Waals surface area contributed by atoms with Crippen LogP contribution < -0.4 is 0 Å². The van der Waals surface area contributed by atoms with E-state index in [4.69, 9.17) is 0 Å². The molecule has 220 valence electrons. The molecule has 3 heteroatoms. The van der Waals surface area contributed by atoms with Crippen molar-refractivity contribution in [3.8, 4) is 0 Å². The summed E-state index contributed by atoms with van der Waals surface area (Å²) in [6.07, 6.45) is 12.2. The molecule has 1 aliphatic heterocycles. The second-order valence-electron chi connectivity index (χ2n) is 11.8. The molecular formula is C36H57F2N. The van der Waals surface area contributed by atoms with Crippen LogP contribution in [0.5, 0.6) is 0 Å². The zero-order valence-electron chi connectivity index (χ0n) is 25.8. The third-order valence-corrected chi connectivity index (χ3v) is 6.89. The van der Waals surface area contributed by atoms with Crippen LogP contribution in [0, 0.1) is 5.92 Å². The van der Waals surface area contributed by atoms with Gasteiger partial charge in [-0.15, -0.1) is 6.58 Å². The van der Waals surface area contributed by atoms with Gasteiger partial charge in [0.1, 0.15) is 0 Å². The van der Waals surface area contributed by atoms with Gasteiger partial charge in [0.05, 0.1) is 0 Å². The lowest BCUT2D eigenvalue weighted by Gasteiger charge is -2.20. The lowest BCUT2D eigenvalue weighted by atomic mass is 9.98. The smallest absolute Gasteiger partial charge is 0.245 e. The fourth-order valence-corrected chi connectivity index (χ4v) is 4.86. The fourth-order valence-electron chi connectivity index (χ4n) is 4.86. The molecule has 1 fully saturated rings. The Morgan fingerprint density at radius 3 is 1.90 bits per heavy atom. The van der Waals surface area contributed by atoms with Crippen molar-refractivity contribution in [2.24, 2.45) is 5.92 Å². The number of unbranched alkanes of at least 4 members (excludes halogenated alkanes) is 3. The summed E-state index contributed by atoms with van der Waals surface area (Å²) < 4.78 is 24.7. The van der Waals surface area contributed by atoms with Gasteiger partial charge >= 0.3 is 0 Å². The van der Waals surface area contributed by atoms with Gasteiger partial charge in [0, 0.05) is 13.0 Å². The van der Waals surface area contributed by atoms with Crippen molar-refractivity contribution in [3.05, 3.63) is 83.4 Å². The van der Waals surface area contributed by atoms with Gasteiger partial charge in [0.25, 0.3) is 0 Å². The van der Waals surface area contributed by atoms with Crippen LogP contribution in [0.4, 0.5) is 8.78 Å². The maximum absolute atomic E-state index is 12.3. The molecule has 0 bridgehead atoms. The van der Waals surface area contributed by atoms with Crippen LogP contribution in [0.3, 0.4) is 0 Å². The van der Waals surface area contributed by atoms with E-state index in [2.05, 4.69) is 86.8 Å². The third kappa shape index (κ3) is 19.7. The minimum Gasteiger partial charge on any atom is -0.303 e. The van der Waals surface area contributed by atoms with Crippen LogP contribution in [0.2, 0.25) is 0 Å². The highest BCUT2D eigenvalue weighted by Crippen LogP contribution is 2.21. The summed E-state index contributed by atoms with van der Waals surface area (Å²) in [7, 11) is 0. The van der Waals surface area contributed by atoms with Crippen molar-refractivity contribution in [2.45, 2.75) is 118 Å². The lowest BCUT2D eigenvalue weighted by Crippen LogP contribution is -2.26. The predicted octanol–water partition coefficient (Wildman–Crippen LogP) is 10.7. The Balaban J connectivity index is 0.000000406. The molecule has 0 radical (unpaired) electrons. The zero-order chi connectivity index (χ0) is 28.9.